The van der Waals surface area contributed by atoms with Gasteiger partial charge in [-0.2, -0.15) is 0 Å². The predicted octanol–water partition coefficient (Wildman–Crippen LogP) is 2.97. The molecule has 0 spiro atoms. The summed E-state index contributed by atoms with van der Waals surface area (Å²) in [7, 11) is 0. The molecule has 1 N–H and O–H groups in total. The third kappa shape index (κ3) is 3.14. The number of hydrogen-bond acceptors (Lipinski definition) is 1. The largest absolute Gasteiger partial charge is 0.393 e. The molecule has 0 radical (unpaired) electrons. The minimum Gasteiger partial charge on any atom is -0.393 e. The lowest BCUT2D eigenvalue weighted by Crippen LogP contribution is -2.24. The van der Waals surface area contributed by atoms with Crippen LogP contribution >= 0.6 is 0 Å². The van der Waals surface area contributed by atoms with E-state index in [1.807, 2.05) is 6.92 Å². The molecule has 0 aliphatic heterocycles. The number of aliphatic hydroxyl groups is 1. The van der Waals surface area contributed by atoms with Gasteiger partial charge in [0.2, 0.25) is 0 Å². The highest BCUT2D eigenvalue weighted by atomic mass is 16.3. The summed E-state index contributed by atoms with van der Waals surface area (Å²) in [6.07, 6.45) is 6.24. The fourth-order valence-electron chi connectivity index (χ4n) is 2.54. The van der Waals surface area contributed by atoms with E-state index in [4.69, 9.17) is 0 Å². The Hall–Kier alpha value is -0.0400. The first kappa shape index (κ1) is 10.0. The molecule has 0 aromatic carbocycles. The molecule has 72 valence electrons. The van der Waals surface area contributed by atoms with Crippen LogP contribution in [-0.2, 0) is 0 Å². The molecule has 0 aromatic heterocycles. The van der Waals surface area contributed by atoms with Gasteiger partial charge < -0.3 is 5.11 Å². The summed E-state index contributed by atoms with van der Waals surface area (Å²) in [5.41, 5.74) is 0.526. The fourth-order valence-corrected chi connectivity index (χ4v) is 2.54. The monoisotopic (exact) mass is 170 g/mol. The lowest BCUT2D eigenvalue weighted by atomic mass is 9.71. The van der Waals surface area contributed by atoms with Crippen molar-refractivity contribution in [2.24, 2.45) is 11.3 Å². The number of aliphatic hydroxyl groups excluding tert-OH is 1. The maximum absolute atomic E-state index is 9.27. The first-order valence-electron chi connectivity index (χ1n) is 5.18. The molecule has 1 aliphatic rings. The molecular formula is C11H22O. The summed E-state index contributed by atoms with van der Waals surface area (Å²) in [5, 5.41) is 9.27. The van der Waals surface area contributed by atoms with Crippen LogP contribution in [0.2, 0.25) is 0 Å². The minimum absolute atomic E-state index is 0.108. The van der Waals surface area contributed by atoms with Crippen LogP contribution in [0.25, 0.3) is 0 Å². The lowest BCUT2D eigenvalue weighted by molar-refractivity contribution is 0.109. The molecule has 2 unspecified atom stereocenters. The van der Waals surface area contributed by atoms with Crippen molar-refractivity contribution >= 4 is 0 Å². The Labute approximate surface area is 76.2 Å². The van der Waals surface area contributed by atoms with Gasteiger partial charge in [0, 0.05) is 0 Å². The molecule has 0 saturated heterocycles. The number of hydrogen-bond donors (Lipinski definition) is 1. The Morgan fingerprint density at radius 2 is 2.17 bits per heavy atom. The van der Waals surface area contributed by atoms with E-state index in [-0.39, 0.29) is 6.10 Å². The molecule has 0 heterocycles. The zero-order valence-corrected chi connectivity index (χ0v) is 8.64. The summed E-state index contributed by atoms with van der Waals surface area (Å²) >= 11 is 0. The molecule has 0 bridgehead atoms. The van der Waals surface area contributed by atoms with E-state index < -0.39 is 0 Å². The zero-order chi connectivity index (χ0) is 9.19. The SMILES string of the molecule is CC(O)CC1CCCC(C)(C)C1. The third-order valence-electron chi connectivity index (χ3n) is 2.98. The van der Waals surface area contributed by atoms with Gasteiger partial charge in [-0.25, -0.2) is 0 Å². The van der Waals surface area contributed by atoms with E-state index in [0.717, 1.165) is 12.3 Å². The zero-order valence-electron chi connectivity index (χ0n) is 8.64. The van der Waals surface area contributed by atoms with Crippen LogP contribution in [-0.4, -0.2) is 11.2 Å². The van der Waals surface area contributed by atoms with Gasteiger partial charge in [0.1, 0.15) is 0 Å². The maximum atomic E-state index is 9.27. The molecule has 0 amide bonds. The molecule has 1 rings (SSSR count). The first-order chi connectivity index (χ1) is 5.49. The van der Waals surface area contributed by atoms with Crippen LogP contribution in [0.1, 0.15) is 52.9 Å². The third-order valence-corrected chi connectivity index (χ3v) is 2.98. The smallest absolute Gasteiger partial charge is 0.0514 e. The van der Waals surface area contributed by atoms with Crippen LogP contribution in [0.4, 0.5) is 0 Å². The Morgan fingerprint density at radius 3 is 2.67 bits per heavy atom. The van der Waals surface area contributed by atoms with Crippen LogP contribution in [0.5, 0.6) is 0 Å². The lowest BCUT2D eigenvalue weighted by Gasteiger charge is -2.35. The fraction of sp³-hybridized carbons (Fsp3) is 1.00. The van der Waals surface area contributed by atoms with Crippen molar-refractivity contribution in [2.75, 3.05) is 0 Å². The Bertz CT molecular complexity index is 138. The number of rotatable bonds is 2. The highest BCUT2D eigenvalue weighted by molar-refractivity contribution is 4.79. The summed E-state index contributed by atoms with van der Waals surface area (Å²) < 4.78 is 0. The summed E-state index contributed by atoms with van der Waals surface area (Å²) in [4.78, 5) is 0. The molecule has 1 fully saturated rings. The highest BCUT2D eigenvalue weighted by Crippen LogP contribution is 2.40. The Morgan fingerprint density at radius 1 is 1.50 bits per heavy atom. The molecule has 1 heteroatoms. The van der Waals surface area contributed by atoms with E-state index >= 15 is 0 Å². The van der Waals surface area contributed by atoms with E-state index in [9.17, 15) is 5.11 Å². The van der Waals surface area contributed by atoms with Crippen molar-refractivity contribution in [1.29, 1.82) is 0 Å². The predicted molar refractivity (Wildman–Crippen MR) is 52.0 cm³/mol. The van der Waals surface area contributed by atoms with Crippen molar-refractivity contribution in [3.8, 4) is 0 Å². The first-order valence-corrected chi connectivity index (χ1v) is 5.18. The average molecular weight is 170 g/mol. The van der Waals surface area contributed by atoms with Gasteiger partial charge in [-0.15, -0.1) is 0 Å². The molecule has 0 aromatic rings. The van der Waals surface area contributed by atoms with Crippen molar-refractivity contribution in [3.63, 3.8) is 0 Å². The van der Waals surface area contributed by atoms with Crippen LogP contribution in [0.3, 0.4) is 0 Å². The molecule has 1 saturated carbocycles. The van der Waals surface area contributed by atoms with Gasteiger partial charge in [0.05, 0.1) is 6.10 Å². The van der Waals surface area contributed by atoms with Crippen molar-refractivity contribution in [1.82, 2.24) is 0 Å². The second kappa shape index (κ2) is 3.78. The second-order valence-corrected chi connectivity index (χ2v) is 5.21. The van der Waals surface area contributed by atoms with Gasteiger partial charge in [-0.1, -0.05) is 26.7 Å². The van der Waals surface area contributed by atoms with Crippen molar-refractivity contribution in [2.45, 2.75) is 59.0 Å². The maximum Gasteiger partial charge on any atom is 0.0514 e. The van der Waals surface area contributed by atoms with Gasteiger partial charge in [0.15, 0.2) is 0 Å². The molecule has 2 atom stereocenters. The van der Waals surface area contributed by atoms with Gasteiger partial charge in [-0.3, -0.25) is 0 Å². The molecule has 12 heavy (non-hydrogen) atoms. The van der Waals surface area contributed by atoms with Gasteiger partial charge >= 0.3 is 0 Å². The average Bonchev–Trinajstić information content (AvgIpc) is 1.82. The standard InChI is InChI=1S/C11H22O/c1-9(12)7-10-5-4-6-11(2,3)8-10/h9-10,12H,4-8H2,1-3H3. The van der Waals surface area contributed by atoms with Gasteiger partial charge in [0.25, 0.3) is 0 Å². The molecule has 1 aliphatic carbocycles. The quantitative estimate of drug-likeness (QED) is 0.675. The Kier molecular flexibility index (Phi) is 3.16. The highest BCUT2D eigenvalue weighted by Gasteiger charge is 2.28. The summed E-state index contributed by atoms with van der Waals surface area (Å²) in [6.45, 7) is 6.60. The summed E-state index contributed by atoms with van der Waals surface area (Å²) in [6, 6.07) is 0. The topological polar surface area (TPSA) is 20.2 Å². The van der Waals surface area contributed by atoms with Crippen LogP contribution in [0.15, 0.2) is 0 Å². The normalized spacial score (nSPS) is 31.5. The van der Waals surface area contributed by atoms with Crippen LogP contribution < -0.4 is 0 Å². The summed E-state index contributed by atoms with van der Waals surface area (Å²) in [5.74, 6) is 0.772. The second-order valence-electron chi connectivity index (χ2n) is 5.21. The molecule has 1 nitrogen and oxygen atoms in total. The Balaban J connectivity index is 2.36. The van der Waals surface area contributed by atoms with Crippen molar-refractivity contribution in [3.05, 3.63) is 0 Å². The molecular weight excluding hydrogens is 148 g/mol. The minimum atomic E-state index is -0.108. The van der Waals surface area contributed by atoms with Crippen molar-refractivity contribution < 1.29 is 5.11 Å². The van der Waals surface area contributed by atoms with E-state index in [2.05, 4.69) is 13.8 Å². The van der Waals surface area contributed by atoms with Crippen LogP contribution in [0, 0.1) is 11.3 Å². The van der Waals surface area contributed by atoms with E-state index in [1.54, 1.807) is 0 Å². The van der Waals surface area contributed by atoms with Gasteiger partial charge in [-0.05, 0) is 37.5 Å². The van der Waals surface area contributed by atoms with E-state index in [1.165, 1.54) is 25.7 Å². The van der Waals surface area contributed by atoms with E-state index in [0.29, 0.717) is 5.41 Å².